The van der Waals surface area contributed by atoms with Crippen molar-refractivity contribution in [2.45, 2.75) is 19.8 Å². The fourth-order valence-electron chi connectivity index (χ4n) is 4.73. The van der Waals surface area contributed by atoms with E-state index in [2.05, 4.69) is 30.9 Å². The Morgan fingerprint density at radius 3 is 2.38 bits per heavy atom. The predicted octanol–water partition coefficient (Wildman–Crippen LogP) is 6.12. The first-order chi connectivity index (χ1) is 20.4. The van der Waals surface area contributed by atoms with E-state index in [1.54, 1.807) is 4.52 Å². The highest BCUT2D eigenvalue weighted by molar-refractivity contribution is 7.80. The number of aromatic nitrogens is 6. The van der Waals surface area contributed by atoms with Gasteiger partial charge in [-0.3, -0.25) is 0 Å². The number of nitrogens with zero attached hydrogens (tertiary/aromatic N) is 6. The van der Waals surface area contributed by atoms with Gasteiger partial charge in [0.05, 0.1) is 11.4 Å². The standard InChI is InChI=1S/C31H26ClN9S/c1-19-24(17-20-11-13-23(32)14-12-20)27(34-30-37-29(33)40-41(19)30)18-22-9-5-6-10-25(22)35-31(42)36-28-16-15-26(38-39-28)21-7-3-2-4-8-21/h2-16H,17-18H2,1H3,(H2,33,40)(H2,35,36,39,42). The molecule has 0 bridgehead atoms. The molecule has 11 heteroatoms. The van der Waals surface area contributed by atoms with Crippen molar-refractivity contribution in [3.63, 3.8) is 0 Å². The van der Waals surface area contributed by atoms with Crippen molar-refractivity contribution in [2.24, 2.45) is 0 Å². The number of benzene rings is 3. The van der Waals surface area contributed by atoms with Crippen LogP contribution in [-0.4, -0.2) is 34.9 Å². The Balaban J connectivity index is 1.25. The zero-order valence-electron chi connectivity index (χ0n) is 22.6. The number of anilines is 3. The molecule has 0 atom stereocenters. The summed E-state index contributed by atoms with van der Waals surface area (Å²) in [5.74, 6) is 1.18. The first-order valence-corrected chi connectivity index (χ1v) is 14.0. The monoisotopic (exact) mass is 591 g/mol. The summed E-state index contributed by atoms with van der Waals surface area (Å²) in [5.41, 5.74) is 13.5. The second kappa shape index (κ2) is 11.9. The minimum absolute atomic E-state index is 0.179. The minimum atomic E-state index is 0.179. The molecular weight excluding hydrogens is 566 g/mol. The molecule has 0 aliphatic heterocycles. The van der Waals surface area contributed by atoms with E-state index in [4.69, 9.17) is 34.5 Å². The van der Waals surface area contributed by atoms with E-state index < -0.39 is 0 Å². The first-order valence-electron chi connectivity index (χ1n) is 13.2. The third-order valence-corrected chi connectivity index (χ3v) is 7.29. The quantitative estimate of drug-likeness (QED) is 0.189. The van der Waals surface area contributed by atoms with E-state index >= 15 is 0 Å². The third-order valence-electron chi connectivity index (χ3n) is 6.84. The van der Waals surface area contributed by atoms with Gasteiger partial charge in [-0.25, -0.2) is 4.98 Å². The summed E-state index contributed by atoms with van der Waals surface area (Å²) in [6.45, 7) is 2.00. The Morgan fingerprint density at radius 1 is 0.857 bits per heavy atom. The van der Waals surface area contributed by atoms with Crippen LogP contribution in [0, 0.1) is 6.92 Å². The largest absolute Gasteiger partial charge is 0.366 e. The maximum absolute atomic E-state index is 6.13. The molecule has 0 saturated carbocycles. The molecule has 0 spiro atoms. The van der Waals surface area contributed by atoms with Crippen LogP contribution >= 0.6 is 23.8 Å². The number of rotatable bonds is 7. The van der Waals surface area contributed by atoms with Gasteiger partial charge in [-0.1, -0.05) is 72.3 Å². The van der Waals surface area contributed by atoms with Gasteiger partial charge in [0, 0.05) is 34.8 Å². The molecule has 0 unspecified atom stereocenters. The topological polar surface area (TPSA) is 119 Å². The average Bonchev–Trinajstić information content (AvgIpc) is 3.38. The summed E-state index contributed by atoms with van der Waals surface area (Å²) in [5, 5.41) is 20.5. The van der Waals surface area contributed by atoms with Crippen LogP contribution in [0.2, 0.25) is 5.02 Å². The average molecular weight is 592 g/mol. The lowest BCUT2D eigenvalue weighted by Crippen LogP contribution is -2.21. The van der Waals surface area contributed by atoms with Crippen LogP contribution in [-0.2, 0) is 12.8 Å². The number of nitrogen functional groups attached to an aromatic ring is 1. The summed E-state index contributed by atoms with van der Waals surface area (Å²) >= 11 is 11.8. The highest BCUT2D eigenvalue weighted by Gasteiger charge is 2.18. The summed E-state index contributed by atoms with van der Waals surface area (Å²) in [7, 11) is 0. The molecule has 3 aromatic carbocycles. The molecule has 0 aliphatic carbocycles. The number of hydrogen-bond acceptors (Lipinski definition) is 7. The number of hydrogen-bond donors (Lipinski definition) is 3. The summed E-state index contributed by atoms with van der Waals surface area (Å²) in [6.07, 6.45) is 1.18. The van der Waals surface area contributed by atoms with Crippen molar-refractivity contribution in [2.75, 3.05) is 16.4 Å². The number of fused-ring (bicyclic) bond motifs is 1. The third kappa shape index (κ3) is 6.04. The maximum atomic E-state index is 6.13. The van der Waals surface area contributed by atoms with E-state index in [1.807, 2.05) is 97.9 Å². The van der Waals surface area contributed by atoms with E-state index in [9.17, 15) is 0 Å². The van der Waals surface area contributed by atoms with E-state index in [0.717, 1.165) is 45.0 Å². The molecule has 42 heavy (non-hydrogen) atoms. The van der Waals surface area contributed by atoms with Crippen LogP contribution in [0.15, 0.2) is 91.0 Å². The fraction of sp³-hybridized carbons (Fsp3) is 0.0968. The van der Waals surface area contributed by atoms with Gasteiger partial charge in [0.1, 0.15) is 0 Å². The Morgan fingerprint density at radius 2 is 1.62 bits per heavy atom. The molecule has 4 N–H and O–H groups in total. The van der Waals surface area contributed by atoms with Gasteiger partial charge in [-0.05, 0) is 66.2 Å². The predicted molar refractivity (Wildman–Crippen MR) is 171 cm³/mol. The highest BCUT2D eigenvalue weighted by atomic mass is 35.5. The summed E-state index contributed by atoms with van der Waals surface area (Å²) in [4.78, 5) is 9.20. The molecule has 9 nitrogen and oxygen atoms in total. The fourth-order valence-corrected chi connectivity index (χ4v) is 5.07. The summed E-state index contributed by atoms with van der Waals surface area (Å²) in [6, 6.07) is 29.4. The lowest BCUT2D eigenvalue weighted by molar-refractivity contribution is 0.846. The Labute approximate surface area is 252 Å². The molecule has 0 fully saturated rings. The Bertz CT molecular complexity index is 1870. The van der Waals surface area contributed by atoms with Gasteiger partial charge in [0.2, 0.25) is 5.95 Å². The molecule has 208 valence electrons. The molecule has 6 rings (SSSR count). The smallest absolute Gasteiger partial charge is 0.254 e. The number of thiocarbonyl (C=S) groups is 1. The Hall–Kier alpha value is -4.93. The number of halogens is 1. The molecular formula is C31H26ClN9S. The SMILES string of the molecule is Cc1c(Cc2ccc(Cl)cc2)c(Cc2ccccc2NC(=S)Nc2ccc(-c3ccccc3)nn2)nc2nc(N)nn12. The zero-order chi connectivity index (χ0) is 29.1. The van der Waals surface area contributed by atoms with Crippen LogP contribution in [0.25, 0.3) is 17.0 Å². The van der Waals surface area contributed by atoms with Gasteiger partial charge < -0.3 is 16.4 Å². The van der Waals surface area contributed by atoms with E-state index in [0.29, 0.717) is 34.6 Å². The van der Waals surface area contributed by atoms with Crippen LogP contribution in [0.3, 0.4) is 0 Å². The number of nitrogens with one attached hydrogen (secondary N) is 2. The van der Waals surface area contributed by atoms with Gasteiger partial charge in [0.15, 0.2) is 10.9 Å². The van der Waals surface area contributed by atoms with Crippen molar-refractivity contribution in [1.82, 2.24) is 29.8 Å². The van der Waals surface area contributed by atoms with Gasteiger partial charge in [-0.15, -0.1) is 15.3 Å². The second-order valence-corrected chi connectivity index (χ2v) is 10.5. The van der Waals surface area contributed by atoms with Crippen molar-refractivity contribution < 1.29 is 0 Å². The van der Waals surface area contributed by atoms with E-state index in [-0.39, 0.29) is 5.95 Å². The zero-order valence-corrected chi connectivity index (χ0v) is 24.2. The lowest BCUT2D eigenvalue weighted by Gasteiger charge is -2.16. The number of aryl methyl sites for hydroxylation is 1. The van der Waals surface area contributed by atoms with Crippen molar-refractivity contribution in [3.05, 3.63) is 124 Å². The van der Waals surface area contributed by atoms with Crippen LogP contribution in [0.4, 0.5) is 17.5 Å². The van der Waals surface area contributed by atoms with Crippen molar-refractivity contribution in [3.8, 4) is 11.3 Å². The lowest BCUT2D eigenvalue weighted by atomic mass is 9.97. The maximum Gasteiger partial charge on any atom is 0.254 e. The molecule has 3 aromatic heterocycles. The number of para-hydroxylation sites is 1. The normalized spacial score (nSPS) is 11.0. The molecule has 3 heterocycles. The summed E-state index contributed by atoms with van der Waals surface area (Å²) < 4.78 is 1.69. The molecule has 0 radical (unpaired) electrons. The Kier molecular flexibility index (Phi) is 7.72. The molecule has 0 aliphatic rings. The van der Waals surface area contributed by atoms with Crippen molar-refractivity contribution >= 4 is 52.2 Å². The molecule has 6 aromatic rings. The van der Waals surface area contributed by atoms with Crippen LogP contribution in [0.5, 0.6) is 0 Å². The second-order valence-electron chi connectivity index (χ2n) is 9.69. The molecule has 0 saturated heterocycles. The van der Waals surface area contributed by atoms with Crippen LogP contribution in [0.1, 0.15) is 28.1 Å². The van der Waals surface area contributed by atoms with Gasteiger partial charge in [0.25, 0.3) is 5.78 Å². The van der Waals surface area contributed by atoms with Gasteiger partial charge >= 0.3 is 0 Å². The number of nitrogens with two attached hydrogens (primary N) is 1. The first kappa shape index (κ1) is 27.3. The van der Waals surface area contributed by atoms with E-state index in [1.165, 1.54) is 0 Å². The van der Waals surface area contributed by atoms with Gasteiger partial charge in [-0.2, -0.15) is 9.50 Å². The van der Waals surface area contributed by atoms with Crippen LogP contribution < -0.4 is 16.4 Å². The molecule has 0 amide bonds. The van der Waals surface area contributed by atoms with Crippen molar-refractivity contribution in [1.29, 1.82) is 0 Å². The minimum Gasteiger partial charge on any atom is -0.366 e. The highest BCUT2D eigenvalue weighted by Crippen LogP contribution is 2.25.